The van der Waals surface area contributed by atoms with Gasteiger partial charge in [-0.1, -0.05) is 24.2 Å². The highest BCUT2D eigenvalue weighted by molar-refractivity contribution is 5.72. The maximum Gasteiger partial charge on any atom is 0.262 e. The van der Waals surface area contributed by atoms with Gasteiger partial charge in [-0.2, -0.15) is 0 Å². The van der Waals surface area contributed by atoms with E-state index in [1.165, 1.54) is 0 Å². The van der Waals surface area contributed by atoms with Gasteiger partial charge in [0.1, 0.15) is 0 Å². The van der Waals surface area contributed by atoms with Crippen LogP contribution in [-0.2, 0) is 6.54 Å². The Morgan fingerprint density at radius 3 is 2.05 bits per heavy atom. The summed E-state index contributed by atoms with van der Waals surface area (Å²) >= 11 is 0. The number of rotatable bonds is 2. The third-order valence-electron chi connectivity index (χ3n) is 2.60. The molecule has 0 atom stereocenters. The maximum atomic E-state index is 14.3. The smallest absolute Gasteiger partial charge is 0.262 e. The Hall–Kier alpha value is -2.86. The van der Waals surface area contributed by atoms with Gasteiger partial charge in [0.25, 0.3) is 5.69 Å². The van der Waals surface area contributed by atoms with Crippen molar-refractivity contribution in [3.05, 3.63) is 75.8 Å². The fraction of sp³-hybridized carbons (Fsp3) is 0.0667. The summed E-state index contributed by atoms with van der Waals surface area (Å²) < 4.78 is 87.0. The molecule has 21 heavy (non-hydrogen) atoms. The molecule has 0 spiro atoms. The van der Waals surface area contributed by atoms with Gasteiger partial charge in [0.2, 0.25) is 6.54 Å². The molecule has 0 N–H and O–H groups in total. The van der Waals surface area contributed by atoms with Crippen molar-refractivity contribution in [3.8, 4) is 11.1 Å². The van der Waals surface area contributed by atoms with E-state index < -0.39 is 76.4 Å². The summed E-state index contributed by atoms with van der Waals surface area (Å²) in [5.41, 5.74) is -4.25. The normalized spacial score (nSPS) is 12.7. The first-order valence-corrected chi connectivity index (χ1v) is 5.35. The second-order valence-electron chi connectivity index (χ2n) is 3.76. The van der Waals surface area contributed by atoms with E-state index in [9.17, 15) is 17.6 Å². The topological polar surface area (TPSA) is 8.72 Å². The van der Waals surface area contributed by atoms with Crippen LogP contribution in [0.3, 0.4) is 0 Å². The molecule has 0 unspecified atom stereocenters. The molecule has 0 amide bonds. The molecular formula is C15H6F4N2. The molecule has 0 saturated carbocycles. The van der Waals surface area contributed by atoms with Crippen LogP contribution in [0.4, 0.5) is 23.2 Å². The van der Waals surface area contributed by atoms with Gasteiger partial charge in [-0.15, -0.1) is 0 Å². The lowest BCUT2D eigenvalue weighted by atomic mass is 9.97. The van der Waals surface area contributed by atoms with E-state index in [2.05, 4.69) is 9.69 Å². The number of halogens is 4. The molecule has 0 aliphatic carbocycles. The van der Waals surface area contributed by atoms with Gasteiger partial charge in [-0.05, 0) is 5.56 Å². The van der Waals surface area contributed by atoms with Crippen molar-refractivity contribution in [2.24, 2.45) is 0 Å². The van der Waals surface area contributed by atoms with Gasteiger partial charge in [0.05, 0.1) is 17.6 Å². The number of hydrogen-bond donors (Lipinski definition) is 0. The van der Waals surface area contributed by atoms with Crippen molar-refractivity contribution in [3.63, 3.8) is 0 Å². The lowest BCUT2D eigenvalue weighted by molar-refractivity contribution is 0.465. The van der Waals surface area contributed by atoms with Crippen LogP contribution in [0.25, 0.3) is 20.8 Å². The quantitative estimate of drug-likeness (QED) is 0.424. The zero-order valence-electron chi connectivity index (χ0n) is 14.1. The van der Waals surface area contributed by atoms with E-state index in [1.807, 2.05) is 0 Å². The Labute approximate surface area is 123 Å². The van der Waals surface area contributed by atoms with Gasteiger partial charge in [-0.3, -0.25) is 0 Å². The molecular weight excluding hydrogens is 284 g/mol. The first-order valence-electron chi connectivity index (χ1n) is 7.35. The van der Waals surface area contributed by atoms with E-state index in [4.69, 9.17) is 18.6 Å². The van der Waals surface area contributed by atoms with Crippen LogP contribution in [0.2, 0.25) is 0 Å². The number of benzene rings is 2. The van der Waals surface area contributed by atoms with Crippen molar-refractivity contribution < 1.29 is 23.0 Å². The first kappa shape index (κ1) is 9.95. The van der Waals surface area contributed by atoms with Crippen LogP contribution in [0.15, 0.2) is 24.2 Å². The lowest BCUT2D eigenvalue weighted by Gasteiger charge is -2.11. The molecule has 0 aromatic heterocycles. The van der Waals surface area contributed by atoms with Crippen molar-refractivity contribution in [2.45, 2.75) is 6.54 Å². The Morgan fingerprint density at radius 1 is 0.952 bits per heavy atom. The van der Waals surface area contributed by atoms with Gasteiger partial charge in [-0.25, -0.2) is 29.0 Å². The monoisotopic (exact) mass is 294 g/mol. The Kier molecular flexibility index (Phi) is 2.67. The van der Waals surface area contributed by atoms with Gasteiger partial charge in [0.15, 0.2) is 23.3 Å². The second kappa shape index (κ2) is 5.64. The van der Waals surface area contributed by atoms with Crippen LogP contribution >= 0.6 is 0 Å². The summed E-state index contributed by atoms with van der Waals surface area (Å²) in [7, 11) is 0. The molecule has 2 rings (SSSR count). The Bertz CT molecular complexity index is 964. The molecule has 0 radical (unpaired) electrons. The fourth-order valence-electron chi connectivity index (χ4n) is 1.69. The van der Waals surface area contributed by atoms with Crippen LogP contribution in [0, 0.1) is 36.4 Å². The minimum absolute atomic E-state index is 0.506. The largest absolute Gasteiger partial charge is 0.312 e. The molecule has 6 heteroatoms. The fourth-order valence-corrected chi connectivity index (χ4v) is 1.69. The summed E-state index contributed by atoms with van der Waals surface area (Å²) in [5.74, 6) is -7.91. The zero-order valence-corrected chi connectivity index (χ0v) is 10.1. The Morgan fingerprint density at radius 2 is 1.52 bits per heavy atom. The van der Waals surface area contributed by atoms with E-state index in [1.54, 1.807) is 0 Å². The van der Waals surface area contributed by atoms with Crippen molar-refractivity contribution in [2.75, 3.05) is 0 Å². The summed E-state index contributed by atoms with van der Waals surface area (Å²) in [6.07, 6.45) is 0. The molecule has 0 aliphatic heterocycles. The standard InChI is InChI=1S/C15H6F4N2/c1-20-7-8-5-3-4-6-9(8)10-11(16)13(18)15(21-2)14(19)12(10)17/h3-6H,7H2/i3D,4D,5D,6D. The summed E-state index contributed by atoms with van der Waals surface area (Å²) in [6.45, 7) is 12.7. The zero-order chi connectivity index (χ0) is 19.0. The average Bonchev–Trinajstić information content (AvgIpc) is 2.59. The van der Waals surface area contributed by atoms with Gasteiger partial charge in [0, 0.05) is 5.56 Å². The van der Waals surface area contributed by atoms with Crippen molar-refractivity contribution >= 4 is 5.69 Å². The molecule has 0 fully saturated rings. The van der Waals surface area contributed by atoms with Crippen LogP contribution in [0.5, 0.6) is 0 Å². The summed E-state index contributed by atoms with van der Waals surface area (Å²) in [4.78, 5) is 5.30. The molecule has 0 bridgehead atoms. The molecule has 0 heterocycles. The maximum absolute atomic E-state index is 14.3. The third kappa shape index (κ3) is 2.32. The third-order valence-corrected chi connectivity index (χ3v) is 2.60. The molecule has 0 aliphatic rings. The van der Waals surface area contributed by atoms with E-state index in [-0.39, 0.29) is 0 Å². The summed E-state index contributed by atoms with van der Waals surface area (Å²) in [5, 5.41) is 0. The molecule has 2 aromatic rings. The SMILES string of the molecule is [2H]c1c([2H])c([2H])c(-c2c(F)c(F)c([N+]#[C-])c(F)c2F)c(C[N+]#[C-])c1[2H]. The summed E-state index contributed by atoms with van der Waals surface area (Å²) in [6, 6.07) is -3.35. The van der Waals surface area contributed by atoms with Crippen LogP contribution < -0.4 is 0 Å². The van der Waals surface area contributed by atoms with Crippen LogP contribution in [-0.4, -0.2) is 0 Å². The predicted molar refractivity (Wildman–Crippen MR) is 68.3 cm³/mol. The molecule has 104 valence electrons. The van der Waals surface area contributed by atoms with Gasteiger partial charge < -0.3 is 4.85 Å². The van der Waals surface area contributed by atoms with E-state index in [0.29, 0.717) is 0 Å². The lowest BCUT2D eigenvalue weighted by Crippen LogP contribution is -2.01. The van der Waals surface area contributed by atoms with Crippen LogP contribution in [0.1, 0.15) is 11.0 Å². The first-order chi connectivity index (χ1) is 11.7. The minimum Gasteiger partial charge on any atom is -0.312 e. The average molecular weight is 294 g/mol. The second-order valence-corrected chi connectivity index (χ2v) is 3.76. The molecule has 2 nitrogen and oxygen atoms in total. The highest BCUT2D eigenvalue weighted by atomic mass is 19.2. The molecule has 2 aromatic carbocycles. The van der Waals surface area contributed by atoms with Crippen molar-refractivity contribution in [1.82, 2.24) is 0 Å². The van der Waals surface area contributed by atoms with E-state index in [0.717, 1.165) is 0 Å². The van der Waals surface area contributed by atoms with E-state index >= 15 is 0 Å². The molecule has 0 saturated heterocycles. The highest BCUT2D eigenvalue weighted by Crippen LogP contribution is 2.37. The Balaban J connectivity index is 3.09. The van der Waals surface area contributed by atoms with Crippen molar-refractivity contribution in [1.29, 1.82) is 0 Å². The highest BCUT2D eigenvalue weighted by Gasteiger charge is 2.27. The van der Waals surface area contributed by atoms with Gasteiger partial charge >= 0.3 is 0 Å². The number of hydrogen-bond acceptors (Lipinski definition) is 0. The number of nitrogens with zero attached hydrogens (tertiary/aromatic N) is 2. The predicted octanol–water partition coefficient (Wildman–Crippen LogP) is 4.88. The minimum atomic E-state index is -1.98.